The van der Waals surface area contributed by atoms with Gasteiger partial charge in [-0.3, -0.25) is 24.1 Å². The second kappa shape index (κ2) is 6.99. The highest BCUT2D eigenvalue weighted by Gasteiger charge is 2.66. The number of carbonyl (C=O) groups excluding carboxylic acids is 4. The van der Waals surface area contributed by atoms with E-state index in [0.29, 0.717) is 16.5 Å². The Morgan fingerprint density at radius 1 is 1.19 bits per heavy atom. The highest BCUT2D eigenvalue weighted by molar-refractivity contribution is 6.37. The third-order valence-corrected chi connectivity index (χ3v) is 7.02. The molecule has 2 aromatic carbocycles. The van der Waals surface area contributed by atoms with Crippen LogP contribution in [-0.2, 0) is 20.8 Å². The summed E-state index contributed by atoms with van der Waals surface area (Å²) in [5.74, 6) is -8.72. The zero-order chi connectivity index (χ0) is 23.9. The van der Waals surface area contributed by atoms with Crippen LogP contribution in [0.3, 0.4) is 0 Å². The molecular formula is C22H21ClN2O7. The lowest BCUT2D eigenvalue weighted by molar-refractivity contribution is -0.162. The van der Waals surface area contributed by atoms with Gasteiger partial charge in [0.15, 0.2) is 23.1 Å². The normalized spacial score (nSPS) is 27.6. The van der Waals surface area contributed by atoms with Gasteiger partial charge in [-0.1, -0.05) is 11.6 Å². The van der Waals surface area contributed by atoms with E-state index in [4.69, 9.17) is 17.3 Å². The Kier molecular flexibility index (Phi) is 4.85. The molecule has 4 atom stereocenters. The Morgan fingerprint density at radius 2 is 1.81 bits per heavy atom. The highest BCUT2D eigenvalue weighted by Crippen LogP contribution is 2.50. The van der Waals surface area contributed by atoms with Gasteiger partial charge in [-0.05, 0) is 50.7 Å². The number of hydrogen-bond donors (Lipinski definition) is 4. The number of Topliss-reactive ketones (excluding diaryl/α,β-unsaturated/α-hetero) is 3. The van der Waals surface area contributed by atoms with Gasteiger partial charge in [-0.2, -0.15) is 0 Å². The Hall–Kier alpha value is -3.01. The van der Waals surface area contributed by atoms with Crippen molar-refractivity contribution in [1.82, 2.24) is 4.90 Å². The third kappa shape index (κ3) is 2.58. The minimum atomic E-state index is -2.76. The lowest BCUT2D eigenvalue weighted by atomic mass is 9.58. The summed E-state index contributed by atoms with van der Waals surface area (Å²) in [6, 6.07) is 1.52. The summed E-state index contributed by atoms with van der Waals surface area (Å²) >= 11 is 6.30. The molecule has 5 N–H and O–H groups in total. The number of rotatable bonds is 2. The molecule has 2 aromatic rings. The molecular weight excluding hydrogens is 440 g/mol. The first-order valence-corrected chi connectivity index (χ1v) is 10.2. The van der Waals surface area contributed by atoms with Crippen LogP contribution in [0.5, 0.6) is 11.5 Å². The van der Waals surface area contributed by atoms with Crippen LogP contribution in [0.4, 0.5) is 0 Å². The number of phenolic OH excluding ortho intramolecular Hbond substituents is 2. The van der Waals surface area contributed by atoms with Crippen LogP contribution >= 0.6 is 11.6 Å². The molecule has 0 radical (unpaired) electrons. The predicted octanol–water partition coefficient (Wildman–Crippen LogP) is 0.482. The topological polar surface area (TPSA) is 158 Å². The molecule has 32 heavy (non-hydrogen) atoms. The van der Waals surface area contributed by atoms with E-state index in [9.17, 15) is 34.5 Å². The number of likely N-dealkylation sites (N-methyl/N-ethyl adjacent to an activating group) is 1. The first kappa shape index (κ1) is 22.2. The smallest absolute Gasteiger partial charge is 0.235 e. The predicted molar refractivity (Wildman–Crippen MR) is 114 cm³/mol. The molecule has 1 saturated carbocycles. The summed E-state index contributed by atoms with van der Waals surface area (Å²) < 4.78 is 0. The lowest BCUT2D eigenvalue weighted by Gasteiger charge is -2.48. The number of hydrogen-bond acceptors (Lipinski definition) is 8. The van der Waals surface area contributed by atoms with E-state index in [1.165, 1.54) is 31.1 Å². The number of nitrogens with zero attached hydrogens (tertiary/aromatic N) is 1. The fourth-order valence-electron chi connectivity index (χ4n) is 5.24. The van der Waals surface area contributed by atoms with Crippen molar-refractivity contribution in [2.24, 2.45) is 17.6 Å². The van der Waals surface area contributed by atoms with Crippen molar-refractivity contribution in [3.05, 3.63) is 33.8 Å². The number of aromatic hydroxyl groups is 2. The maximum atomic E-state index is 13.6. The molecule has 10 heteroatoms. The summed E-state index contributed by atoms with van der Waals surface area (Å²) in [4.78, 5) is 53.1. The number of primary amides is 1. The van der Waals surface area contributed by atoms with Crippen molar-refractivity contribution in [1.29, 1.82) is 0 Å². The van der Waals surface area contributed by atoms with Crippen LogP contribution in [0.25, 0.3) is 10.8 Å². The first-order chi connectivity index (χ1) is 14.8. The van der Waals surface area contributed by atoms with Gasteiger partial charge in [0, 0.05) is 16.3 Å². The SMILES string of the molecule is Cc1c2c(c(O)c3c(O)ccc(Cl)c13)C(=O)C1(O)C(=O)C(C(N)=O)C(=O)C(N(C)C)C1C2. The first-order valence-electron chi connectivity index (χ1n) is 9.82. The van der Waals surface area contributed by atoms with Gasteiger partial charge < -0.3 is 21.1 Å². The number of nitrogens with two attached hydrogens (primary N) is 1. The Labute approximate surface area is 187 Å². The summed E-state index contributed by atoms with van der Waals surface area (Å²) in [6.07, 6.45) is -0.134. The summed E-state index contributed by atoms with van der Waals surface area (Å²) in [5.41, 5.74) is 2.92. The monoisotopic (exact) mass is 460 g/mol. The van der Waals surface area contributed by atoms with Crippen LogP contribution in [0.2, 0.25) is 5.02 Å². The minimum Gasteiger partial charge on any atom is -0.507 e. The summed E-state index contributed by atoms with van der Waals surface area (Å²) in [6.45, 7) is 1.63. The molecule has 0 saturated heterocycles. The Bertz CT molecular complexity index is 1260. The number of phenols is 2. The van der Waals surface area contributed by atoms with Crippen molar-refractivity contribution in [2.75, 3.05) is 14.1 Å². The number of aliphatic hydroxyl groups is 1. The number of halogens is 1. The molecule has 4 rings (SSSR count). The van der Waals surface area contributed by atoms with E-state index in [0.717, 1.165) is 0 Å². The van der Waals surface area contributed by atoms with Crippen LogP contribution in [0, 0.1) is 18.8 Å². The van der Waals surface area contributed by atoms with Crippen molar-refractivity contribution < 1.29 is 34.5 Å². The fourth-order valence-corrected chi connectivity index (χ4v) is 5.54. The van der Waals surface area contributed by atoms with Gasteiger partial charge in [-0.25, -0.2) is 0 Å². The Morgan fingerprint density at radius 3 is 2.38 bits per heavy atom. The maximum absolute atomic E-state index is 13.6. The Balaban J connectivity index is 2.09. The number of carbonyl (C=O) groups is 4. The van der Waals surface area contributed by atoms with Crippen LogP contribution in [0.1, 0.15) is 21.5 Å². The van der Waals surface area contributed by atoms with E-state index in [-0.39, 0.29) is 28.1 Å². The van der Waals surface area contributed by atoms with Crippen molar-refractivity contribution in [2.45, 2.75) is 25.0 Å². The van der Waals surface area contributed by atoms with Crippen molar-refractivity contribution in [3.63, 3.8) is 0 Å². The van der Waals surface area contributed by atoms with Crippen LogP contribution < -0.4 is 5.73 Å². The maximum Gasteiger partial charge on any atom is 0.235 e. The summed E-state index contributed by atoms with van der Waals surface area (Å²) in [7, 11) is 3.05. The average Bonchev–Trinajstić information content (AvgIpc) is 2.69. The molecule has 0 spiro atoms. The quantitative estimate of drug-likeness (QED) is 0.471. The number of ketones is 3. The zero-order valence-corrected chi connectivity index (χ0v) is 18.2. The molecule has 1 fully saturated rings. The summed E-state index contributed by atoms with van der Waals surface area (Å²) in [5, 5.41) is 33.2. The van der Waals surface area contributed by atoms with Crippen LogP contribution in [-0.4, -0.2) is 69.2 Å². The molecule has 0 bridgehead atoms. The molecule has 1 amide bonds. The molecule has 9 nitrogen and oxygen atoms in total. The number of fused-ring (bicyclic) bond motifs is 3. The second-order valence-electron chi connectivity index (χ2n) is 8.56. The van der Waals surface area contributed by atoms with Crippen molar-refractivity contribution >= 4 is 45.6 Å². The van der Waals surface area contributed by atoms with E-state index in [1.807, 2.05) is 0 Å². The van der Waals surface area contributed by atoms with Gasteiger partial charge in [0.25, 0.3) is 0 Å². The average molecular weight is 461 g/mol. The highest BCUT2D eigenvalue weighted by atomic mass is 35.5. The van der Waals surface area contributed by atoms with E-state index >= 15 is 0 Å². The van der Waals surface area contributed by atoms with Gasteiger partial charge in [0.1, 0.15) is 11.5 Å². The lowest BCUT2D eigenvalue weighted by Crippen LogP contribution is -2.71. The third-order valence-electron chi connectivity index (χ3n) is 6.71. The molecule has 2 aliphatic rings. The second-order valence-corrected chi connectivity index (χ2v) is 8.97. The minimum absolute atomic E-state index is 0.0981. The number of benzene rings is 2. The molecule has 2 aliphatic carbocycles. The van der Waals surface area contributed by atoms with Gasteiger partial charge in [0.2, 0.25) is 11.7 Å². The van der Waals surface area contributed by atoms with E-state index < -0.39 is 52.5 Å². The van der Waals surface area contributed by atoms with E-state index in [1.54, 1.807) is 6.92 Å². The van der Waals surface area contributed by atoms with E-state index in [2.05, 4.69) is 0 Å². The fraction of sp³-hybridized carbons (Fsp3) is 0.364. The standard InChI is InChI=1S/C22H21ClN2O7/c1-7-8-6-9-16(25(2)3)18(28)15(21(24)31)20(30)22(9,32)19(29)13(8)17(27)14-11(26)5-4-10(23)12(7)14/h4-5,9,15-16,26-27,32H,6H2,1-3H3,(H2,24,31). The molecule has 0 heterocycles. The molecule has 0 aromatic heterocycles. The molecule has 168 valence electrons. The molecule has 4 unspecified atom stereocenters. The van der Waals surface area contributed by atoms with Gasteiger partial charge in [0.05, 0.1) is 17.0 Å². The number of aryl methyl sites for hydroxylation is 1. The van der Waals surface area contributed by atoms with Gasteiger partial charge >= 0.3 is 0 Å². The number of amides is 1. The van der Waals surface area contributed by atoms with Crippen molar-refractivity contribution in [3.8, 4) is 11.5 Å². The molecule has 0 aliphatic heterocycles. The largest absolute Gasteiger partial charge is 0.507 e. The zero-order valence-electron chi connectivity index (χ0n) is 17.5. The van der Waals surface area contributed by atoms with Gasteiger partial charge in [-0.15, -0.1) is 0 Å². The van der Waals surface area contributed by atoms with Crippen LogP contribution in [0.15, 0.2) is 12.1 Å².